The van der Waals surface area contributed by atoms with Gasteiger partial charge < -0.3 is 9.15 Å². The van der Waals surface area contributed by atoms with Crippen molar-refractivity contribution in [3.63, 3.8) is 0 Å². The monoisotopic (exact) mass is 330 g/mol. The van der Waals surface area contributed by atoms with Gasteiger partial charge >= 0.3 is 0 Å². The molecule has 1 aliphatic rings. The van der Waals surface area contributed by atoms with E-state index >= 15 is 0 Å². The summed E-state index contributed by atoms with van der Waals surface area (Å²) in [6, 6.07) is 8.48. The molecule has 0 N–H and O–H groups in total. The minimum atomic E-state index is -0.305. The lowest BCUT2D eigenvalue weighted by molar-refractivity contribution is 0.0289. The Morgan fingerprint density at radius 1 is 1.21 bits per heavy atom. The van der Waals surface area contributed by atoms with Gasteiger partial charge in [-0.1, -0.05) is 0 Å². The molecule has 2 heterocycles. The first-order chi connectivity index (χ1) is 11.8. The molecule has 1 aliphatic heterocycles. The molecular weight excluding hydrogens is 311 g/mol. The number of aromatic nitrogens is 2. The normalized spacial score (nSPS) is 15.5. The molecule has 0 bridgehead atoms. The van der Waals surface area contributed by atoms with E-state index in [9.17, 15) is 4.39 Å². The van der Waals surface area contributed by atoms with Crippen molar-refractivity contribution in [2.75, 3.05) is 19.8 Å². The first-order valence-electron chi connectivity index (χ1n) is 8.03. The van der Waals surface area contributed by atoms with Gasteiger partial charge in [-0.2, -0.15) is 5.26 Å². The largest absolute Gasteiger partial charge is 0.419 e. The van der Waals surface area contributed by atoms with E-state index in [4.69, 9.17) is 14.4 Å². The van der Waals surface area contributed by atoms with Crippen LogP contribution in [0.25, 0.3) is 11.5 Å². The van der Waals surface area contributed by atoms with Crippen LogP contribution in [-0.2, 0) is 11.3 Å². The molecular formula is C17H19FN4O2. The topological polar surface area (TPSA) is 75.2 Å². The minimum absolute atomic E-state index is 0.305. The van der Waals surface area contributed by atoms with Crippen molar-refractivity contribution in [1.82, 2.24) is 15.1 Å². The van der Waals surface area contributed by atoms with Crippen LogP contribution in [0.3, 0.4) is 0 Å². The average Bonchev–Trinajstić information content (AvgIpc) is 3.08. The molecule has 0 aliphatic carbocycles. The first kappa shape index (κ1) is 16.6. The molecule has 126 valence electrons. The number of ether oxygens (including phenoxy) is 1. The zero-order valence-electron chi connectivity index (χ0n) is 13.3. The Morgan fingerprint density at radius 3 is 2.67 bits per heavy atom. The van der Waals surface area contributed by atoms with Crippen LogP contribution < -0.4 is 0 Å². The Balaban J connectivity index is 1.70. The first-order valence-corrected chi connectivity index (χ1v) is 8.03. The standard InChI is InChI=1S/C17H19FN4O2/c18-14-4-2-13(3-5-14)17-21-20-16(24-17)12-22(9-1-8-19)15-6-10-23-11-7-15/h2-5,15H,1,6-7,9-12H2. The van der Waals surface area contributed by atoms with Crippen LogP contribution in [0.1, 0.15) is 25.2 Å². The van der Waals surface area contributed by atoms with Gasteiger partial charge in [0.25, 0.3) is 0 Å². The lowest BCUT2D eigenvalue weighted by Crippen LogP contribution is -2.39. The molecule has 0 atom stereocenters. The summed E-state index contributed by atoms with van der Waals surface area (Å²) in [7, 11) is 0. The molecule has 0 spiro atoms. The van der Waals surface area contributed by atoms with Crippen LogP contribution in [-0.4, -0.2) is 40.9 Å². The van der Waals surface area contributed by atoms with Crippen LogP contribution in [0.4, 0.5) is 4.39 Å². The summed E-state index contributed by atoms with van der Waals surface area (Å²) in [6.07, 6.45) is 2.32. The highest BCUT2D eigenvalue weighted by atomic mass is 19.1. The Hall–Kier alpha value is -2.30. The summed E-state index contributed by atoms with van der Waals surface area (Å²) < 4.78 is 24.1. The Kier molecular flexibility index (Phi) is 5.51. The van der Waals surface area contributed by atoms with E-state index in [-0.39, 0.29) is 5.82 Å². The van der Waals surface area contributed by atoms with Crippen molar-refractivity contribution in [2.24, 2.45) is 0 Å². The zero-order chi connectivity index (χ0) is 16.8. The van der Waals surface area contributed by atoms with Crippen LogP contribution in [0.2, 0.25) is 0 Å². The summed E-state index contributed by atoms with van der Waals surface area (Å²) in [5.41, 5.74) is 0.685. The summed E-state index contributed by atoms with van der Waals surface area (Å²) in [6.45, 7) is 2.63. The van der Waals surface area contributed by atoms with Crippen molar-refractivity contribution in [3.05, 3.63) is 36.0 Å². The molecule has 1 fully saturated rings. The summed E-state index contributed by atoms with van der Waals surface area (Å²) in [5, 5.41) is 17.0. The number of benzene rings is 1. The van der Waals surface area contributed by atoms with E-state index in [0.29, 0.717) is 42.9 Å². The third kappa shape index (κ3) is 4.16. The van der Waals surface area contributed by atoms with Crippen molar-refractivity contribution in [1.29, 1.82) is 5.26 Å². The van der Waals surface area contributed by atoms with Crippen molar-refractivity contribution in [3.8, 4) is 17.5 Å². The predicted molar refractivity (Wildman–Crippen MR) is 84.2 cm³/mol. The SMILES string of the molecule is N#CCCN(Cc1nnc(-c2ccc(F)cc2)o1)C1CCOCC1. The van der Waals surface area contributed by atoms with Gasteiger partial charge in [-0.05, 0) is 37.1 Å². The van der Waals surface area contributed by atoms with Gasteiger partial charge in [0.2, 0.25) is 11.8 Å². The van der Waals surface area contributed by atoms with Crippen LogP contribution in [0, 0.1) is 17.1 Å². The summed E-state index contributed by atoms with van der Waals surface area (Å²) >= 11 is 0. The molecule has 1 saturated heterocycles. The molecule has 1 aromatic carbocycles. The third-order valence-electron chi connectivity index (χ3n) is 4.11. The summed E-state index contributed by atoms with van der Waals surface area (Å²) in [5.74, 6) is 0.566. The molecule has 7 heteroatoms. The van der Waals surface area contributed by atoms with Crippen LogP contribution in [0.5, 0.6) is 0 Å². The smallest absolute Gasteiger partial charge is 0.247 e. The Bertz CT molecular complexity index is 689. The van der Waals surface area contributed by atoms with E-state index in [0.717, 1.165) is 26.1 Å². The highest BCUT2D eigenvalue weighted by Crippen LogP contribution is 2.21. The summed E-state index contributed by atoms with van der Waals surface area (Å²) in [4.78, 5) is 2.20. The van der Waals surface area contributed by atoms with Gasteiger partial charge in [0.15, 0.2) is 0 Å². The van der Waals surface area contributed by atoms with E-state index in [1.807, 2.05) is 0 Å². The fraction of sp³-hybridized carbons (Fsp3) is 0.471. The maximum absolute atomic E-state index is 13.0. The molecule has 2 aromatic rings. The highest BCUT2D eigenvalue weighted by molar-refractivity contribution is 5.51. The molecule has 0 unspecified atom stereocenters. The van der Waals surface area contributed by atoms with Crippen molar-refractivity contribution >= 4 is 0 Å². The highest BCUT2D eigenvalue weighted by Gasteiger charge is 2.23. The molecule has 24 heavy (non-hydrogen) atoms. The third-order valence-corrected chi connectivity index (χ3v) is 4.11. The lowest BCUT2D eigenvalue weighted by Gasteiger charge is -2.32. The molecule has 6 nitrogen and oxygen atoms in total. The molecule has 0 saturated carbocycles. The minimum Gasteiger partial charge on any atom is -0.419 e. The van der Waals surface area contributed by atoms with Crippen molar-refractivity contribution < 1.29 is 13.5 Å². The maximum Gasteiger partial charge on any atom is 0.247 e. The fourth-order valence-corrected chi connectivity index (χ4v) is 2.83. The maximum atomic E-state index is 13.0. The van der Waals surface area contributed by atoms with Gasteiger partial charge in [0.05, 0.1) is 12.6 Å². The number of hydrogen-bond donors (Lipinski definition) is 0. The zero-order valence-corrected chi connectivity index (χ0v) is 13.3. The predicted octanol–water partition coefficient (Wildman–Crippen LogP) is 2.77. The molecule has 1 aromatic heterocycles. The van der Waals surface area contributed by atoms with Crippen LogP contribution in [0.15, 0.2) is 28.7 Å². The number of nitrogens with zero attached hydrogens (tertiary/aromatic N) is 4. The fourth-order valence-electron chi connectivity index (χ4n) is 2.83. The average molecular weight is 330 g/mol. The molecule has 3 rings (SSSR count). The van der Waals surface area contributed by atoms with E-state index in [1.165, 1.54) is 12.1 Å². The lowest BCUT2D eigenvalue weighted by atomic mass is 10.1. The number of rotatable bonds is 6. The van der Waals surface area contributed by atoms with Gasteiger partial charge in [0, 0.05) is 37.8 Å². The number of nitriles is 1. The second-order valence-electron chi connectivity index (χ2n) is 5.73. The van der Waals surface area contributed by atoms with Gasteiger partial charge in [-0.3, -0.25) is 4.90 Å². The van der Waals surface area contributed by atoms with Crippen molar-refractivity contribution in [2.45, 2.75) is 31.8 Å². The quantitative estimate of drug-likeness (QED) is 0.811. The number of halogens is 1. The molecule has 0 amide bonds. The van der Waals surface area contributed by atoms with Gasteiger partial charge in [-0.15, -0.1) is 10.2 Å². The second kappa shape index (κ2) is 7.99. The van der Waals surface area contributed by atoms with E-state index < -0.39 is 0 Å². The Labute approximate surface area is 139 Å². The Morgan fingerprint density at radius 2 is 1.96 bits per heavy atom. The number of hydrogen-bond acceptors (Lipinski definition) is 6. The van der Waals surface area contributed by atoms with E-state index in [1.54, 1.807) is 12.1 Å². The van der Waals surface area contributed by atoms with Gasteiger partial charge in [-0.25, -0.2) is 4.39 Å². The van der Waals surface area contributed by atoms with Crippen LogP contribution >= 0.6 is 0 Å². The van der Waals surface area contributed by atoms with E-state index in [2.05, 4.69) is 21.2 Å². The van der Waals surface area contributed by atoms with Gasteiger partial charge in [0.1, 0.15) is 5.82 Å². The molecule has 0 radical (unpaired) electrons. The second-order valence-corrected chi connectivity index (χ2v) is 5.73.